The molecule has 3 fully saturated rings. The number of pyridine rings is 1. The molecule has 2 aliphatic heterocycles. The molecule has 6 rings (SSSR count). The molecule has 1 saturated carbocycles. The van der Waals surface area contributed by atoms with Crippen molar-refractivity contribution in [1.82, 2.24) is 24.8 Å². The Kier molecular flexibility index (Phi) is 7.83. The van der Waals surface area contributed by atoms with E-state index in [9.17, 15) is 4.79 Å². The Morgan fingerprint density at radius 1 is 1.10 bits per heavy atom. The average Bonchev–Trinajstić information content (AvgIpc) is 3.66. The maximum Gasteiger partial charge on any atom is 0.498 e. The number of carbonyl (C=O) groups excluding carboxylic acids is 1. The van der Waals surface area contributed by atoms with Crippen LogP contribution in [0.4, 0.5) is 0 Å². The van der Waals surface area contributed by atoms with Gasteiger partial charge < -0.3 is 23.9 Å². The van der Waals surface area contributed by atoms with Crippen molar-refractivity contribution in [3.05, 3.63) is 47.5 Å². The lowest BCUT2D eigenvalue weighted by Gasteiger charge is -2.35. The summed E-state index contributed by atoms with van der Waals surface area (Å²) in [6.07, 6.45) is 4.60. The monoisotopic (exact) mass is 573 g/mol. The standard InChI is InChI=1S/C32H44BN5O4/c1-21(2)20-40-29-25(33-41-31(3,4)32(5,6)42-33)9-10-26-28(29)36-27(35-26)18-24-17-22(11-12-34-24)19-37-13-15-38(16-14-37)30(39)23-7-8-23/h9-12,17,21,23H,7-8,13-16,18-20H2,1-6H3,(H,35,36). The molecule has 42 heavy (non-hydrogen) atoms. The summed E-state index contributed by atoms with van der Waals surface area (Å²) in [6.45, 7) is 17.4. The van der Waals surface area contributed by atoms with Gasteiger partial charge in [-0.15, -0.1) is 0 Å². The number of hydrogen-bond donors (Lipinski definition) is 1. The molecule has 1 aliphatic carbocycles. The van der Waals surface area contributed by atoms with E-state index in [1.165, 1.54) is 5.56 Å². The molecule has 0 atom stereocenters. The number of carbonyl (C=O) groups is 1. The number of rotatable bonds is 9. The number of fused-ring (bicyclic) bond motifs is 1. The van der Waals surface area contributed by atoms with E-state index in [0.29, 0.717) is 36.5 Å². The van der Waals surface area contributed by atoms with Crippen molar-refractivity contribution >= 4 is 29.5 Å². The van der Waals surface area contributed by atoms with Crippen LogP contribution in [0, 0.1) is 11.8 Å². The van der Waals surface area contributed by atoms with Crippen molar-refractivity contribution in [2.45, 2.75) is 78.6 Å². The van der Waals surface area contributed by atoms with Crippen molar-refractivity contribution in [2.24, 2.45) is 11.8 Å². The average molecular weight is 574 g/mol. The molecule has 1 aromatic carbocycles. The maximum absolute atomic E-state index is 12.4. The largest absolute Gasteiger partial charge is 0.498 e. The lowest BCUT2D eigenvalue weighted by Crippen LogP contribution is -2.48. The summed E-state index contributed by atoms with van der Waals surface area (Å²) in [6, 6.07) is 8.31. The van der Waals surface area contributed by atoms with Crippen LogP contribution in [0.5, 0.6) is 5.75 Å². The van der Waals surface area contributed by atoms with Gasteiger partial charge in [-0.25, -0.2) is 4.98 Å². The number of piperazine rings is 1. The third kappa shape index (κ3) is 6.07. The second kappa shape index (κ2) is 11.3. The molecular formula is C32H44BN5O4. The minimum absolute atomic E-state index is 0.297. The molecule has 10 heteroatoms. The van der Waals surface area contributed by atoms with Crippen molar-refractivity contribution in [1.29, 1.82) is 0 Å². The summed E-state index contributed by atoms with van der Waals surface area (Å²) in [5.41, 5.74) is 3.85. The third-order valence-corrected chi connectivity index (χ3v) is 9.00. The summed E-state index contributed by atoms with van der Waals surface area (Å²) in [7, 11) is -0.534. The van der Waals surface area contributed by atoms with Crippen LogP contribution in [0.1, 0.15) is 71.5 Å². The van der Waals surface area contributed by atoms with Crippen molar-refractivity contribution in [3.63, 3.8) is 0 Å². The minimum atomic E-state index is -0.534. The van der Waals surface area contributed by atoms with Crippen LogP contribution in [-0.2, 0) is 27.1 Å². The molecule has 4 heterocycles. The fourth-order valence-electron chi connectivity index (χ4n) is 5.63. The fourth-order valence-corrected chi connectivity index (χ4v) is 5.63. The van der Waals surface area contributed by atoms with E-state index in [4.69, 9.17) is 19.0 Å². The first-order valence-electron chi connectivity index (χ1n) is 15.4. The molecule has 0 spiro atoms. The number of ether oxygens (including phenoxy) is 1. The van der Waals surface area contributed by atoms with Crippen LogP contribution >= 0.6 is 0 Å². The first-order chi connectivity index (χ1) is 20.0. The topological polar surface area (TPSA) is 92.8 Å². The lowest BCUT2D eigenvalue weighted by atomic mass is 9.78. The normalized spacial score (nSPS) is 20.5. The lowest BCUT2D eigenvalue weighted by molar-refractivity contribution is -0.134. The molecule has 0 radical (unpaired) electrons. The Bertz CT molecular complexity index is 1430. The van der Waals surface area contributed by atoms with Gasteiger partial charge in [-0.05, 0) is 70.2 Å². The quantitative estimate of drug-likeness (QED) is 0.388. The number of benzene rings is 1. The molecule has 2 aromatic heterocycles. The molecule has 0 unspecified atom stereocenters. The van der Waals surface area contributed by atoms with Crippen molar-refractivity contribution in [3.8, 4) is 5.75 Å². The van der Waals surface area contributed by atoms with Gasteiger partial charge in [0.15, 0.2) is 0 Å². The number of aromatic nitrogens is 3. The Morgan fingerprint density at radius 2 is 1.81 bits per heavy atom. The zero-order chi connectivity index (χ0) is 29.6. The predicted molar refractivity (Wildman–Crippen MR) is 164 cm³/mol. The van der Waals surface area contributed by atoms with Gasteiger partial charge in [0.25, 0.3) is 0 Å². The molecule has 3 aliphatic rings. The molecule has 3 aromatic rings. The molecular weight excluding hydrogens is 529 g/mol. The van der Waals surface area contributed by atoms with Crippen LogP contribution in [0.25, 0.3) is 11.0 Å². The van der Waals surface area contributed by atoms with E-state index in [0.717, 1.165) is 73.6 Å². The fraction of sp³-hybridized carbons (Fsp3) is 0.594. The van der Waals surface area contributed by atoms with Gasteiger partial charge in [0.1, 0.15) is 17.1 Å². The van der Waals surface area contributed by atoms with E-state index < -0.39 is 18.3 Å². The second-order valence-corrected chi connectivity index (χ2v) is 13.6. The molecule has 0 bridgehead atoms. The van der Waals surface area contributed by atoms with Gasteiger partial charge in [0.05, 0.1) is 23.3 Å². The number of amides is 1. The highest BCUT2D eigenvalue weighted by Crippen LogP contribution is 2.38. The molecule has 224 valence electrons. The Labute approximate surface area is 249 Å². The van der Waals surface area contributed by atoms with Crippen molar-refractivity contribution in [2.75, 3.05) is 32.8 Å². The highest BCUT2D eigenvalue weighted by atomic mass is 16.7. The number of aromatic amines is 1. The molecule has 9 nitrogen and oxygen atoms in total. The highest BCUT2D eigenvalue weighted by Gasteiger charge is 2.52. The van der Waals surface area contributed by atoms with Gasteiger partial charge in [0.2, 0.25) is 5.91 Å². The zero-order valence-corrected chi connectivity index (χ0v) is 25.9. The Morgan fingerprint density at radius 3 is 2.48 bits per heavy atom. The maximum atomic E-state index is 12.4. The summed E-state index contributed by atoms with van der Waals surface area (Å²) >= 11 is 0. The Hall–Kier alpha value is -2.95. The van der Waals surface area contributed by atoms with Crippen LogP contribution in [-0.4, -0.2) is 81.8 Å². The molecule has 1 N–H and O–H groups in total. The van der Waals surface area contributed by atoms with E-state index in [1.807, 2.05) is 23.2 Å². The second-order valence-electron chi connectivity index (χ2n) is 13.6. The highest BCUT2D eigenvalue weighted by molar-refractivity contribution is 6.63. The SMILES string of the molecule is CC(C)COc1c(B2OC(C)(C)C(C)(C)O2)ccc2[nH]c(Cc3cc(CN4CCN(C(=O)C5CC5)CC4)ccn3)nc12. The predicted octanol–water partition coefficient (Wildman–Crippen LogP) is 3.94. The van der Waals surface area contributed by atoms with Gasteiger partial charge in [-0.1, -0.05) is 19.9 Å². The first-order valence-corrected chi connectivity index (χ1v) is 15.4. The summed E-state index contributed by atoms with van der Waals surface area (Å²) in [5.74, 6) is 2.56. The van der Waals surface area contributed by atoms with Crippen LogP contribution in [0.15, 0.2) is 30.5 Å². The van der Waals surface area contributed by atoms with Crippen molar-refractivity contribution < 1.29 is 18.8 Å². The zero-order valence-electron chi connectivity index (χ0n) is 25.9. The van der Waals surface area contributed by atoms with Gasteiger partial charge in [-0.2, -0.15) is 0 Å². The number of H-pyrrole nitrogens is 1. The number of hydrogen-bond acceptors (Lipinski definition) is 7. The van der Waals surface area contributed by atoms with Crippen LogP contribution < -0.4 is 10.2 Å². The van der Waals surface area contributed by atoms with Gasteiger partial charge in [-0.3, -0.25) is 14.7 Å². The van der Waals surface area contributed by atoms with Crippen LogP contribution in [0.2, 0.25) is 0 Å². The summed E-state index contributed by atoms with van der Waals surface area (Å²) < 4.78 is 19.1. The number of nitrogens with one attached hydrogen (secondary N) is 1. The first kappa shape index (κ1) is 29.1. The minimum Gasteiger partial charge on any atom is -0.491 e. The molecule has 1 amide bonds. The summed E-state index contributed by atoms with van der Waals surface area (Å²) in [5, 5.41) is 0. The number of nitrogens with zero attached hydrogens (tertiary/aromatic N) is 4. The number of imidazole rings is 1. The molecule has 2 saturated heterocycles. The smallest absolute Gasteiger partial charge is 0.491 e. The van der Waals surface area contributed by atoms with Gasteiger partial charge in [0, 0.05) is 62.4 Å². The van der Waals surface area contributed by atoms with E-state index >= 15 is 0 Å². The Balaban J connectivity index is 1.18. The third-order valence-electron chi connectivity index (χ3n) is 9.00. The summed E-state index contributed by atoms with van der Waals surface area (Å²) in [4.78, 5) is 30.0. The van der Waals surface area contributed by atoms with Crippen LogP contribution in [0.3, 0.4) is 0 Å². The van der Waals surface area contributed by atoms with E-state index in [2.05, 4.69) is 68.5 Å². The van der Waals surface area contributed by atoms with Gasteiger partial charge >= 0.3 is 7.12 Å². The van der Waals surface area contributed by atoms with E-state index in [1.54, 1.807) is 0 Å². The van der Waals surface area contributed by atoms with E-state index in [-0.39, 0.29) is 0 Å².